The van der Waals surface area contributed by atoms with Gasteiger partial charge in [0.1, 0.15) is 0 Å². The molecule has 1 aliphatic heterocycles. The molecule has 0 saturated heterocycles. The van der Waals surface area contributed by atoms with Crippen LogP contribution in [-0.2, 0) is 0 Å². The first kappa shape index (κ1) is 11.1. The average molecular weight is 191 g/mol. The van der Waals surface area contributed by atoms with E-state index in [4.69, 9.17) is 0 Å². The molecule has 1 aliphatic carbocycles. The van der Waals surface area contributed by atoms with Crippen LogP contribution < -0.4 is 0 Å². The van der Waals surface area contributed by atoms with Crippen LogP contribution in [0.2, 0.25) is 0 Å². The molecular weight excluding hydrogens is 170 g/mol. The summed E-state index contributed by atoms with van der Waals surface area (Å²) in [6, 6.07) is 0. The molecule has 78 valence electrons. The molecule has 0 atom stereocenters. The number of hydrogen-bond donors (Lipinski definition) is 0. The minimum Gasteiger partial charge on any atom is -0.374 e. The van der Waals surface area contributed by atoms with Crippen LogP contribution in [0.1, 0.15) is 33.6 Å². The first-order valence-electron chi connectivity index (χ1n) is 5.09. The van der Waals surface area contributed by atoms with Crippen molar-refractivity contribution in [2.75, 3.05) is 13.6 Å². The highest BCUT2D eigenvalue weighted by atomic mass is 15.1. The first-order valence-corrected chi connectivity index (χ1v) is 5.09. The summed E-state index contributed by atoms with van der Waals surface area (Å²) < 4.78 is 0. The van der Waals surface area contributed by atoms with Crippen LogP contribution in [0.3, 0.4) is 0 Å². The van der Waals surface area contributed by atoms with Crippen molar-refractivity contribution in [1.82, 2.24) is 4.90 Å². The van der Waals surface area contributed by atoms with Crippen LogP contribution in [0.25, 0.3) is 0 Å². The van der Waals surface area contributed by atoms with E-state index in [-0.39, 0.29) is 7.43 Å². The zero-order valence-corrected chi connectivity index (χ0v) is 8.51. The lowest BCUT2D eigenvalue weighted by atomic mass is 9.88. The van der Waals surface area contributed by atoms with Crippen molar-refractivity contribution in [3.05, 3.63) is 35.1 Å². The molecule has 0 aromatic rings. The van der Waals surface area contributed by atoms with E-state index in [0.29, 0.717) is 0 Å². The van der Waals surface area contributed by atoms with Crippen LogP contribution >= 0.6 is 0 Å². The fraction of sp³-hybridized carbons (Fsp3) is 0.538. The summed E-state index contributed by atoms with van der Waals surface area (Å²) in [5.41, 5.74) is 4.56. The van der Waals surface area contributed by atoms with Crippen molar-refractivity contribution >= 4 is 0 Å². The van der Waals surface area contributed by atoms with Crippen molar-refractivity contribution in [1.29, 1.82) is 0 Å². The topological polar surface area (TPSA) is 3.24 Å². The Balaban J connectivity index is 0.000000980. The van der Waals surface area contributed by atoms with Crippen molar-refractivity contribution in [2.45, 2.75) is 33.6 Å². The summed E-state index contributed by atoms with van der Waals surface area (Å²) in [4.78, 5) is 2.37. The largest absolute Gasteiger partial charge is 0.374 e. The van der Waals surface area contributed by atoms with Gasteiger partial charge in [0, 0.05) is 19.3 Å². The van der Waals surface area contributed by atoms with Crippen LogP contribution in [0.5, 0.6) is 0 Å². The monoisotopic (exact) mass is 191 g/mol. The molecular formula is C13H21N. The summed E-state index contributed by atoms with van der Waals surface area (Å²) >= 11 is 0. The normalized spacial score (nSPS) is 23.6. The molecule has 0 aromatic carbocycles. The SMILES string of the molecule is C.C/C=C1/CCCC2=C1C=CCN2C. The zero-order valence-electron chi connectivity index (χ0n) is 8.51. The molecule has 0 amide bonds. The van der Waals surface area contributed by atoms with E-state index < -0.39 is 0 Å². The minimum absolute atomic E-state index is 0. The van der Waals surface area contributed by atoms with Crippen LogP contribution in [-0.4, -0.2) is 18.5 Å². The van der Waals surface area contributed by atoms with Gasteiger partial charge in [-0.05, 0) is 37.3 Å². The molecule has 1 heterocycles. The summed E-state index contributed by atoms with van der Waals surface area (Å²) in [6.45, 7) is 3.23. The Hall–Kier alpha value is -0.980. The van der Waals surface area contributed by atoms with Gasteiger partial charge in [-0.1, -0.05) is 25.7 Å². The maximum absolute atomic E-state index is 2.37. The molecule has 0 unspecified atom stereocenters. The highest BCUT2D eigenvalue weighted by molar-refractivity contribution is 5.46. The van der Waals surface area contributed by atoms with E-state index >= 15 is 0 Å². The average Bonchev–Trinajstić information content (AvgIpc) is 2.18. The molecule has 0 aromatic heterocycles. The smallest absolute Gasteiger partial charge is 0.0356 e. The second-order valence-corrected chi connectivity index (χ2v) is 3.81. The second kappa shape index (κ2) is 4.50. The molecule has 0 N–H and O–H groups in total. The standard InChI is InChI=1S/C12H17N.CH4/c1-3-10-6-4-8-12-11(10)7-5-9-13(12)2;/h3,5,7H,4,6,8-9H2,1-2H3;1H4/b10-3-;. The van der Waals surface area contributed by atoms with E-state index in [2.05, 4.69) is 37.1 Å². The van der Waals surface area contributed by atoms with E-state index in [1.54, 1.807) is 5.70 Å². The summed E-state index contributed by atoms with van der Waals surface area (Å²) in [7, 11) is 2.19. The minimum atomic E-state index is 0. The predicted octanol–water partition coefficient (Wildman–Crippen LogP) is 3.51. The molecule has 14 heavy (non-hydrogen) atoms. The van der Waals surface area contributed by atoms with Crippen molar-refractivity contribution in [3.63, 3.8) is 0 Å². The van der Waals surface area contributed by atoms with Gasteiger partial charge in [0.05, 0.1) is 0 Å². The zero-order chi connectivity index (χ0) is 9.26. The molecule has 0 saturated carbocycles. The summed E-state index contributed by atoms with van der Waals surface area (Å²) in [6.07, 6.45) is 10.6. The van der Waals surface area contributed by atoms with E-state index in [1.807, 2.05) is 0 Å². The summed E-state index contributed by atoms with van der Waals surface area (Å²) in [5, 5.41) is 0. The maximum Gasteiger partial charge on any atom is 0.0356 e. The van der Waals surface area contributed by atoms with Gasteiger partial charge >= 0.3 is 0 Å². The Bertz CT molecular complexity index is 294. The Morgan fingerprint density at radius 2 is 2.14 bits per heavy atom. The van der Waals surface area contributed by atoms with Gasteiger partial charge in [0.2, 0.25) is 0 Å². The van der Waals surface area contributed by atoms with Gasteiger partial charge in [-0.3, -0.25) is 0 Å². The molecule has 1 heteroatoms. The lowest BCUT2D eigenvalue weighted by Crippen LogP contribution is -2.24. The van der Waals surface area contributed by atoms with Crippen molar-refractivity contribution in [2.24, 2.45) is 0 Å². The molecule has 2 aliphatic rings. The van der Waals surface area contributed by atoms with Gasteiger partial charge in [0.15, 0.2) is 0 Å². The quantitative estimate of drug-likeness (QED) is 0.566. The lowest BCUT2D eigenvalue weighted by Gasteiger charge is -2.31. The fourth-order valence-electron chi connectivity index (χ4n) is 2.24. The number of likely N-dealkylation sites (N-methyl/N-ethyl adjacent to an activating group) is 1. The van der Waals surface area contributed by atoms with Crippen LogP contribution in [0.15, 0.2) is 35.1 Å². The second-order valence-electron chi connectivity index (χ2n) is 3.81. The van der Waals surface area contributed by atoms with Gasteiger partial charge in [0.25, 0.3) is 0 Å². The van der Waals surface area contributed by atoms with Crippen molar-refractivity contribution < 1.29 is 0 Å². The van der Waals surface area contributed by atoms with Crippen LogP contribution in [0.4, 0.5) is 0 Å². The number of allylic oxidation sites excluding steroid dienone is 5. The fourth-order valence-corrected chi connectivity index (χ4v) is 2.24. The van der Waals surface area contributed by atoms with E-state index in [1.165, 1.54) is 30.4 Å². The maximum atomic E-state index is 2.37. The predicted molar refractivity (Wildman–Crippen MR) is 63.1 cm³/mol. The third-order valence-electron chi connectivity index (χ3n) is 2.99. The highest BCUT2D eigenvalue weighted by Crippen LogP contribution is 2.33. The molecule has 0 bridgehead atoms. The number of rotatable bonds is 0. The first-order chi connectivity index (χ1) is 6.33. The molecule has 1 nitrogen and oxygen atoms in total. The third kappa shape index (κ3) is 1.77. The Kier molecular flexibility index (Phi) is 3.56. The van der Waals surface area contributed by atoms with E-state index in [0.717, 1.165) is 6.54 Å². The van der Waals surface area contributed by atoms with Gasteiger partial charge < -0.3 is 4.90 Å². The Labute approximate surface area is 87.8 Å². The number of nitrogens with zero attached hydrogens (tertiary/aromatic N) is 1. The van der Waals surface area contributed by atoms with Crippen molar-refractivity contribution in [3.8, 4) is 0 Å². The number of hydrogen-bond acceptors (Lipinski definition) is 1. The summed E-state index contributed by atoms with van der Waals surface area (Å²) in [5.74, 6) is 0. The molecule has 2 rings (SSSR count). The van der Waals surface area contributed by atoms with Gasteiger partial charge in [-0.25, -0.2) is 0 Å². The highest BCUT2D eigenvalue weighted by Gasteiger charge is 2.19. The van der Waals surface area contributed by atoms with Gasteiger partial charge in [-0.15, -0.1) is 0 Å². The van der Waals surface area contributed by atoms with E-state index in [9.17, 15) is 0 Å². The molecule has 0 fully saturated rings. The van der Waals surface area contributed by atoms with Gasteiger partial charge in [-0.2, -0.15) is 0 Å². The lowest BCUT2D eigenvalue weighted by molar-refractivity contribution is 0.421. The van der Waals surface area contributed by atoms with Crippen LogP contribution in [0, 0.1) is 0 Å². The Morgan fingerprint density at radius 1 is 1.36 bits per heavy atom. The third-order valence-corrected chi connectivity index (χ3v) is 2.99. The molecule has 0 radical (unpaired) electrons. The Morgan fingerprint density at radius 3 is 2.86 bits per heavy atom. The molecule has 0 spiro atoms.